The van der Waals surface area contributed by atoms with E-state index in [1.807, 2.05) is 0 Å². The Balaban J connectivity index is 1.86. The average molecular weight is 533 g/mol. The molecule has 1 heterocycles. The molecule has 0 spiro atoms. The lowest BCUT2D eigenvalue weighted by Crippen LogP contribution is -2.37. The Morgan fingerprint density at radius 2 is 0.711 bits per heavy atom. The quantitative estimate of drug-likeness (QED) is 0.0848. The van der Waals surface area contributed by atoms with Crippen LogP contribution >= 0.6 is 0 Å². The monoisotopic (exact) mass is 533 g/mol. The van der Waals surface area contributed by atoms with Crippen molar-refractivity contribution in [3.63, 3.8) is 0 Å². The maximum atomic E-state index is 2.63. The largest absolute Gasteiger partial charge is 0.359 e. The summed E-state index contributed by atoms with van der Waals surface area (Å²) < 4.78 is 0. The highest BCUT2D eigenvalue weighted by atomic mass is 15.4. The molecule has 1 atom stereocenters. The van der Waals surface area contributed by atoms with Crippen LogP contribution in [0.15, 0.2) is 12.4 Å². The normalized spacial score (nSPS) is 15.3. The molecule has 0 fully saturated rings. The molecule has 1 unspecified atom stereocenters. The fourth-order valence-corrected chi connectivity index (χ4v) is 6.23. The maximum Gasteiger partial charge on any atom is 0.100 e. The molecule has 2 heteroatoms. The number of rotatable bonds is 30. The predicted octanol–water partition coefficient (Wildman–Crippen LogP) is 12.4. The summed E-state index contributed by atoms with van der Waals surface area (Å²) in [6, 6.07) is 0. The topological polar surface area (TPSA) is 6.48 Å². The van der Waals surface area contributed by atoms with Gasteiger partial charge in [0.15, 0.2) is 0 Å². The molecule has 0 aromatic heterocycles. The van der Waals surface area contributed by atoms with Crippen molar-refractivity contribution < 1.29 is 0 Å². The van der Waals surface area contributed by atoms with Crippen LogP contribution in [0.3, 0.4) is 0 Å². The predicted molar refractivity (Wildman–Crippen MR) is 173 cm³/mol. The minimum Gasteiger partial charge on any atom is -0.359 e. The summed E-state index contributed by atoms with van der Waals surface area (Å²) in [5.41, 5.74) is 0. The summed E-state index contributed by atoms with van der Waals surface area (Å²) in [7, 11) is 2.27. The lowest BCUT2D eigenvalue weighted by atomic mass is 10.0. The van der Waals surface area contributed by atoms with Gasteiger partial charge in [0.1, 0.15) is 6.17 Å². The van der Waals surface area contributed by atoms with Crippen molar-refractivity contribution in [3.8, 4) is 0 Å². The van der Waals surface area contributed by atoms with Crippen LogP contribution in [-0.4, -0.2) is 29.6 Å². The van der Waals surface area contributed by atoms with Gasteiger partial charge in [0.25, 0.3) is 0 Å². The van der Waals surface area contributed by atoms with E-state index in [9.17, 15) is 0 Å². The lowest BCUT2D eigenvalue weighted by Gasteiger charge is -2.30. The van der Waals surface area contributed by atoms with Gasteiger partial charge in [0, 0.05) is 26.0 Å². The summed E-state index contributed by atoms with van der Waals surface area (Å²) in [5.74, 6) is 0. The molecule has 0 amide bonds. The molecule has 226 valence electrons. The van der Waals surface area contributed by atoms with Crippen molar-refractivity contribution in [1.82, 2.24) is 9.80 Å². The third-order valence-electron chi connectivity index (χ3n) is 8.93. The molecular weight excluding hydrogens is 460 g/mol. The van der Waals surface area contributed by atoms with Crippen molar-refractivity contribution in [2.75, 3.05) is 13.6 Å². The summed E-state index contributed by atoms with van der Waals surface area (Å²) in [6.45, 7) is 5.86. The van der Waals surface area contributed by atoms with E-state index in [2.05, 4.69) is 43.1 Å². The number of nitrogens with zero attached hydrogens (tertiary/aromatic N) is 2. The minimum atomic E-state index is 0.620. The van der Waals surface area contributed by atoms with Crippen LogP contribution in [-0.2, 0) is 0 Å². The zero-order chi connectivity index (χ0) is 27.4. The molecule has 1 aliphatic heterocycles. The van der Waals surface area contributed by atoms with E-state index in [0.29, 0.717) is 6.17 Å². The fourth-order valence-electron chi connectivity index (χ4n) is 6.23. The second-order valence-electron chi connectivity index (χ2n) is 12.7. The molecule has 0 radical (unpaired) electrons. The van der Waals surface area contributed by atoms with Crippen LogP contribution in [0.2, 0.25) is 0 Å². The molecule has 1 rings (SSSR count). The Bertz CT molecular complexity index is 488. The van der Waals surface area contributed by atoms with Crippen LogP contribution in [0.25, 0.3) is 0 Å². The van der Waals surface area contributed by atoms with Gasteiger partial charge in [-0.2, -0.15) is 0 Å². The average Bonchev–Trinajstić information content (AvgIpc) is 3.27. The van der Waals surface area contributed by atoms with Gasteiger partial charge in [0.05, 0.1) is 0 Å². The highest BCUT2D eigenvalue weighted by Gasteiger charge is 2.22. The molecule has 0 aliphatic carbocycles. The molecular formula is C36H72N2. The third-order valence-corrected chi connectivity index (χ3v) is 8.93. The molecule has 0 N–H and O–H groups in total. The van der Waals surface area contributed by atoms with Crippen LogP contribution in [0, 0.1) is 0 Å². The van der Waals surface area contributed by atoms with Crippen LogP contribution in [0.1, 0.15) is 200 Å². The first-order valence-corrected chi connectivity index (χ1v) is 18.0. The van der Waals surface area contributed by atoms with Gasteiger partial charge in [-0.25, -0.2) is 0 Å². The first kappa shape index (κ1) is 35.4. The standard InChI is InChI=1S/C36H72N2/c1-4-6-8-10-12-14-16-17-18-19-20-21-23-25-27-29-31-33-38-35-34-37(3)36(38)32-30-28-26-24-22-15-13-11-9-7-5-2/h34-36H,4-33H2,1-3H3. The minimum absolute atomic E-state index is 0.620. The second kappa shape index (κ2) is 27.9. The SMILES string of the molecule is CCCCCCCCCCCCCCCCCCCN1C=CN(C)C1CCCCCCCCCCCCC. The van der Waals surface area contributed by atoms with Crippen LogP contribution < -0.4 is 0 Å². The number of hydrogen-bond donors (Lipinski definition) is 0. The smallest absolute Gasteiger partial charge is 0.100 e. The molecule has 0 aromatic rings. The molecule has 0 saturated heterocycles. The first-order valence-electron chi connectivity index (χ1n) is 18.0. The van der Waals surface area contributed by atoms with Crippen LogP contribution in [0.4, 0.5) is 0 Å². The summed E-state index contributed by atoms with van der Waals surface area (Å²) >= 11 is 0. The lowest BCUT2D eigenvalue weighted by molar-refractivity contribution is 0.159. The third kappa shape index (κ3) is 21.2. The van der Waals surface area contributed by atoms with Crippen molar-refractivity contribution in [1.29, 1.82) is 0 Å². The van der Waals surface area contributed by atoms with Crippen molar-refractivity contribution >= 4 is 0 Å². The Morgan fingerprint density at radius 1 is 0.395 bits per heavy atom. The van der Waals surface area contributed by atoms with E-state index in [1.165, 1.54) is 193 Å². The number of unbranched alkanes of at least 4 members (excludes halogenated alkanes) is 26. The summed E-state index contributed by atoms with van der Waals surface area (Å²) in [6.07, 6.45) is 47.1. The van der Waals surface area contributed by atoms with Gasteiger partial charge in [0.2, 0.25) is 0 Å². The van der Waals surface area contributed by atoms with E-state index >= 15 is 0 Å². The van der Waals surface area contributed by atoms with Crippen LogP contribution in [0.5, 0.6) is 0 Å². The zero-order valence-corrected chi connectivity index (χ0v) is 26.8. The van der Waals surface area contributed by atoms with Crippen molar-refractivity contribution in [2.24, 2.45) is 0 Å². The fraction of sp³-hybridized carbons (Fsp3) is 0.944. The highest BCUT2D eigenvalue weighted by molar-refractivity contribution is 4.95. The molecule has 0 aromatic carbocycles. The van der Waals surface area contributed by atoms with Gasteiger partial charge in [-0.05, 0) is 19.3 Å². The van der Waals surface area contributed by atoms with Gasteiger partial charge in [-0.1, -0.05) is 181 Å². The summed E-state index contributed by atoms with van der Waals surface area (Å²) in [5, 5.41) is 0. The number of hydrogen-bond acceptors (Lipinski definition) is 2. The van der Waals surface area contributed by atoms with E-state index < -0.39 is 0 Å². The van der Waals surface area contributed by atoms with E-state index in [1.54, 1.807) is 0 Å². The van der Waals surface area contributed by atoms with Gasteiger partial charge < -0.3 is 9.80 Å². The van der Waals surface area contributed by atoms with Crippen molar-refractivity contribution in [3.05, 3.63) is 12.4 Å². The molecule has 2 nitrogen and oxygen atoms in total. The first-order chi connectivity index (χ1) is 18.8. The van der Waals surface area contributed by atoms with Crippen molar-refractivity contribution in [2.45, 2.75) is 206 Å². The van der Waals surface area contributed by atoms with Gasteiger partial charge >= 0.3 is 0 Å². The highest BCUT2D eigenvalue weighted by Crippen LogP contribution is 2.22. The Hall–Kier alpha value is -0.660. The Labute approximate surface area is 241 Å². The maximum absolute atomic E-state index is 2.63. The summed E-state index contributed by atoms with van der Waals surface area (Å²) in [4.78, 5) is 5.07. The molecule has 0 bridgehead atoms. The molecule has 1 aliphatic rings. The van der Waals surface area contributed by atoms with Gasteiger partial charge in [-0.3, -0.25) is 0 Å². The second-order valence-corrected chi connectivity index (χ2v) is 12.7. The van der Waals surface area contributed by atoms with E-state index in [-0.39, 0.29) is 0 Å². The van der Waals surface area contributed by atoms with Gasteiger partial charge in [-0.15, -0.1) is 0 Å². The van der Waals surface area contributed by atoms with E-state index in [4.69, 9.17) is 0 Å². The molecule has 38 heavy (non-hydrogen) atoms. The Kier molecular flexibility index (Phi) is 26.0. The Morgan fingerprint density at radius 3 is 1.08 bits per heavy atom. The zero-order valence-electron chi connectivity index (χ0n) is 26.8. The molecule has 0 saturated carbocycles. The van der Waals surface area contributed by atoms with E-state index in [0.717, 1.165) is 0 Å².